The molecule has 1 aliphatic rings. The first-order valence-electron chi connectivity index (χ1n) is 8.81. The minimum Gasteiger partial charge on any atom is -0.404 e. The van der Waals surface area contributed by atoms with E-state index in [0.29, 0.717) is 11.8 Å². The molecule has 0 bridgehead atoms. The van der Waals surface area contributed by atoms with Gasteiger partial charge in [-0.05, 0) is 31.3 Å². The average Bonchev–Trinajstić information content (AvgIpc) is 2.55. The third-order valence-electron chi connectivity index (χ3n) is 3.87. The normalized spacial score (nSPS) is 22.4. The fraction of sp³-hybridized carbons (Fsp3) is 0.526. The van der Waals surface area contributed by atoms with Gasteiger partial charge in [0.25, 0.3) is 0 Å². The fourth-order valence-electron chi connectivity index (χ4n) is 2.49. The van der Waals surface area contributed by atoms with E-state index in [0.717, 1.165) is 24.5 Å². The maximum Gasteiger partial charge on any atom is 0.111 e. The first-order chi connectivity index (χ1) is 11.7. The second kappa shape index (κ2) is 12.3. The van der Waals surface area contributed by atoms with Crippen LogP contribution in [-0.2, 0) is 0 Å². The molecule has 0 spiro atoms. The van der Waals surface area contributed by atoms with Crippen molar-refractivity contribution in [2.75, 3.05) is 6.54 Å². The number of hydrogen-bond acceptors (Lipinski definition) is 5. The lowest BCUT2D eigenvalue weighted by Crippen LogP contribution is -2.27. The molecule has 24 heavy (non-hydrogen) atoms. The van der Waals surface area contributed by atoms with Crippen molar-refractivity contribution in [3.05, 3.63) is 36.7 Å². The van der Waals surface area contributed by atoms with Crippen molar-refractivity contribution >= 4 is 18.1 Å². The molecule has 0 aromatic rings. The van der Waals surface area contributed by atoms with E-state index in [1.165, 1.54) is 31.9 Å². The van der Waals surface area contributed by atoms with Crippen molar-refractivity contribution in [3.8, 4) is 0 Å². The summed E-state index contributed by atoms with van der Waals surface area (Å²) in [4.78, 5) is 8.85. The Morgan fingerprint density at radius 2 is 2.04 bits per heavy atom. The second-order valence-electron chi connectivity index (χ2n) is 5.94. The maximum absolute atomic E-state index is 5.77. The van der Waals surface area contributed by atoms with E-state index in [-0.39, 0.29) is 0 Å². The van der Waals surface area contributed by atoms with E-state index in [2.05, 4.69) is 40.9 Å². The summed E-state index contributed by atoms with van der Waals surface area (Å²) in [5, 5.41) is 4.37. The Morgan fingerprint density at radius 3 is 2.67 bits per heavy atom. The van der Waals surface area contributed by atoms with E-state index < -0.39 is 0 Å². The van der Waals surface area contributed by atoms with Crippen LogP contribution in [0, 0.1) is 5.92 Å². The van der Waals surface area contributed by atoms with Crippen molar-refractivity contribution in [1.29, 1.82) is 0 Å². The summed E-state index contributed by atoms with van der Waals surface area (Å²) in [6.07, 6.45) is 16.0. The number of hydrazone groups is 1. The number of hydrogen-bond donors (Lipinski definition) is 2. The monoisotopic (exact) mass is 329 g/mol. The molecule has 1 rings (SSSR count). The van der Waals surface area contributed by atoms with E-state index in [4.69, 9.17) is 5.73 Å². The van der Waals surface area contributed by atoms with Gasteiger partial charge in [-0.15, -0.1) is 0 Å². The molecule has 0 radical (unpaired) electrons. The fourth-order valence-corrected chi connectivity index (χ4v) is 2.49. The predicted octanol–water partition coefficient (Wildman–Crippen LogP) is 3.60. The van der Waals surface area contributed by atoms with Crippen LogP contribution in [0.2, 0.25) is 0 Å². The third-order valence-corrected chi connectivity index (χ3v) is 3.87. The Hall–Kier alpha value is -2.17. The van der Waals surface area contributed by atoms with Gasteiger partial charge in [-0.1, -0.05) is 39.3 Å². The van der Waals surface area contributed by atoms with Gasteiger partial charge >= 0.3 is 0 Å². The molecule has 1 fully saturated rings. The van der Waals surface area contributed by atoms with Crippen LogP contribution >= 0.6 is 0 Å². The first kappa shape index (κ1) is 19.9. The molecule has 132 valence electrons. The molecule has 1 aliphatic carbocycles. The van der Waals surface area contributed by atoms with Crippen LogP contribution in [0.15, 0.2) is 51.8 Å². The van der Waals surface area contributed by atoms with Crippen molar-refractivity contribution < 1.29 is 0 Å². The molecular formula is C19H31N5. The van der Waals surface area contributed by atoms with Crippen LogP contribution in [0.5, 0.6) is 0 Å². The number of nitrogens with two attached hydrogens (primary N) is 1. The highest BCUT2D eigenvalue weighted by Gasteiger charge is 2.27. The zero-order valence-electron chi connectivity index (χ0n) is 15.0. The van der Waals surface area contributed by atoms with Crippen LogP contribution in [-0.4, -0.2) is 30.7 Å². The number of aliphatic imine (C=N–C) groups is 2. The van der Waals surface area contributed by atoms with Gasteiger partial charge in [0, 0.05) is 30.7 Å². The van der Waals surface area contributed by atoms with Crippen molar-refractivity contribution in [2.24, 2.45) is 26.7 Å². The van der Waals surface area contributed by atoms with Gasteiger partial charge in [0.15, 0.2) is 0 Å². The molecule has 0 aromatic heterocycles. The minimum atomic E-state index is 0.416. The smallest absolute Gasteiger partial charge is 0.111 e. The molecule has 3 N–H and O–H groups in total. The zero-order chi connectivity index (χ0) is 17.6. The maximum atomic E-state index is 5.77. The number of nitrogens with zero attached hydrogens (tertiary/aromatic N) is 3. The van der Waals surface area contributed by atoms with Crippen molar-refractivity contribution in [2.45, 2.75) is 52.0 Å². The molecule has 0 aliphatic heterocycles. The Morgan fingerprint density at radius 1 is 1.25 bits per heavy atom. The molecule has 5 heteroatoms. The summed E-state index contributed by atoms with van der Waals surface area (Å²) in [5.74, 6) is 0.840. The lowest BCUT2D eigenvalue weighted by molar-refractivity contribution is 0.250. The van der Waals surface area contributed by atoms with E-state index >= 15 is 0 Å². The van der Waals surface area contributed by atoms with Gasteiger partial charge in [0.05, 0.1) is 12.3 Å². The Labute approximate surface area is 146 Å². The molecular weight excluding hydrogens is 298 g/mol. The standard InChI is InChI=1S/C19H31N5/c1-4-7-10-21-15-19(24-23-9-6-3)17(13-20)14-22-18-11-16(12-18)8-5-2/h4,7,10,13-16,18,23H,1,5-6,8-9,11-12,20H2,2-3H3/b10-7+,17-13?,21-15+,22-14?,24-19+. The summed E-state index contributed by atoms with van der Waals surface area (Å²) in [6, 6.07) is 0.416. The van der Waals surface area contributed by atoms with Crippen LogP contribution in [0.4, 0.5) is 0 Å². The summed E-state index contributed by atoms with van der Waals surface area (Å²) < 4.78 is 0. The van der Waals surface area contributed by atoms with Crippen LogP contribution in [0.25, 0.3) is 0 Å². The van der Waals surface area contributed by atoms with Crippen LogP contribution in [0.1, 0.15) is 46.0 Å². The summed E-state index contributed by atoms with van der Waals surface area (Å²) in [7, 11) is 0. The zero-order valence-corrected chi connectivity index (χ0v) is 15.0. The number of allylic oxidation sites excluding steroid dienone is 3. The summed E-state index contributed by atoms with van der Waals surface area (Å²) in [5.41, 5.74) is 10.2. The molecule has 0 saturated heterocycles. The van der Waals surface area contributed by atoms with Crippen LogP contribution < -0.4 is 11.2 Å². The van der Waals surface area contributed by atoms with Gasteiger partial charge in [-0.2, -0.15) is 5.10 Å². The molecule has 0 amide bonds. The quantitative estimate of drug-likeness (QED) is 0.263. The molecule has 0 unspecified atom stereocenters. The molecule has 0 atom stereocenters. The van der Waals surface area contributed by atoms with Gasteiger partial charge in [-0.3, -0.25) is 9.98 Å². The molecule has 0 aromatic carbocycles. The first-order valence-corrected chi connectivity index (χ1v) is 8.81. The Balaban J connectivity index is 2.70. The van der Waals surface area contributed by atoms with Gasteiger partial charge < -0.3 is 11.2 Å². The lowest BCUT2D eigenvalue weighted by Gasteiger charge is -2.32. The third kappa shape index (κ3) is 7.40. The predicted molar refractivity (Wildman–Crippen MR) is 106 cm³/mol. The van der Waals surface area contributed by atoms with Crippen LogP contribution in [0.3, 0.4) is 0 Å². The molecule has 5 nitrogen and oxygen atoms in total. The lowest BCUT2D eigenvalue weighted by atomic mass is 9.78. The highest BCUT2D eigenvalue weighted by Crippen LogP contribution is 2.33. The second-order valence-corrected chi connectivity index (χ2v) is 5.94. The highest BCUT2D eigenvalue weighted by atomic mass is 15.3. The largest absolute Gasteiger partial charge is 0.404 e. The van der Waals surface area contributed by atoms with Crippen molar-refractivity contribution in [1.82, 2.24) is 5.43 Å². The number of nitrogens with one attached hydrogen (secondary N) is 1. The van der Waals surface area contributed by atoms with Crippen molar-refractivity contribution in [3.63, 3.8) is 0 Å². The van der Waals surface area contributed by atoms with Gasteiger partial charge in [-0.25, -0.2) is 0 Å². The molecule has 0 heterocycles. The summed E-state index contributed by atoms with van der Waals surface area (Å²) >= 11 is 0. The summed E-state index contributed by atoms with van der Waals surface area (Å²) in [6.45, 7) is 8.74. The average molecular weight is 329 g/mol. The highest BCUT2D eigenvalue weighted by molar-refractivity contribution is 6.43. The Kier molecular flexibility index (Phi) is 10.2. The number of rotatable bonds is 11. The SMILES string of the molecule is C=C/C=C/N=C/C(=N\NCCC)C(C=NC1CC(CCC)C1)=CN. The van der Waals surface area contributed by atoms with E-state index in [9.17, 15) is 0 Å². The van der Waals surface area contributed by atoms with Gasteiger partial charge in [0.2, 0.25) is 0 Å². The minimum absolute atomic E-state index is 0.416. The van der Waals surface area contributed by atoms with Gasteiger partial charge in [0.1, 0.15) is 5.71 Å². The Bertz CT molecular complexity index is 508. The van der Waals surface area contributed by atoms with E-state index in [1.54, 1.807) is 24.6 Å². The molecule has 1 saturated carbocycles. The van der Waals surface area contributed by atoms with E-state index in [1.807, 2.05) is 6.21 Å². The topological polar surface area (TPSA) is 75.1 Å².